The van der Waals surface area contributed by atoms with Gasteiger partial charge in [-0.25, -0.2) is 0 Å². The van der Waals surface area contributed by atoms with Gasteiger partial charge >= 0.3 is 6.18 Å². The van der Waals surface area contributed by atoms with Crippen LogP contribution in [0.4, 0.5) is 13.2 Å². The molecule has 5 fully saturated rings. The summed E-state index contributed by atoms with van der Waals surface area (Å²) in [4.78, 5) is 28.9. The zero-order chi connectivity index (χ0) is 30.3. The molecule has 42 heavy (non-hydrogen) atoms. The van der Waals surface area contributed by atoms with E-state index in [1.165, 1.54) is 7.11 Å². The largest absolute Gasteiger partial charge is 0.403 e. The highest BCUT2D eigenvalue weighted by atomic mass is 35.5. The monoisotopic (exact) mass is 640 g/mol. The van der Waals surface area contributed by atoms with Crippen molar-refractivity contribution in [3.05, 3.63) is 0 Å². The van der Waals surface area contributed by atoms with Gasteiger partial charge in [-0.3, -0.25) is 25.5 Å². The summed E-state index contributed by atoms with van der Waals surface area (Å²) in [5.74, 6) is -0.833. The van der Waals surface area contributed by atoms with Crippen molar-refractivity contribution in [3.8, 4) is 0 Å². The Morgan fingerprint density at radius 3 is 2.43 bits per heavy atom. The van der Waals surface area contributed by atoms with E-state index in [9.17, 15) is 22.8 Å². The molecule has 5 aliphatic rings. The van der Waals surface area contributed by atoms with Gasteiger partial charge in [0.05, 0.1) is 23.4 Å². The van der Waals surface area contributed by atoms with Crippen LogP contribution in [0.5, 0.6) is 0 Å². The average Bonchev–Trinajstić information content (AvgIpc) is 3.49. The number of rotatable bonds is 6. The Bertz CT molecular complexity index is 987. The van der Waals surface area contributed by atoms with Gasteiger partial charge in [0.2, 0.25) is 11.8 Å². The van der Waals surface area contributed by atoms with Crippen molar-refractivity contribution < 1.29 is 32.2 Å². The molecule has 0 bridgehead atoms. The molecule has 240 valence electrons. The van der Waals surface area contributed by atoms with Crippen LogP contribution in [0.25, 0.3) is 0 Å². The van der Waals surface area contributed by atoms with Crippen molar-refractivity contribution >= 4 is 35.2 Å². The van der Waals surface area contributed by atoms with Crippen molar-refractivity contribution in [2.45, 2.75) is 98.5 Å². The number of nitrogens with one attached hydrogen (secondary N) is 5. The van der Waals surface area contributed by atoms with Crippen molar-refractivity contribution in [1.29, 1.82) is 0 Å². The van der Waals surface area contributed by atoms with Gasteiger partial charge in [0.1, 0.15) is 17.8 Å². The van der Waals surface area contributed by atoms with Gasteiger partial charge in [-0.2, -0.15) is 13.2 Å². The molecule has 0 aromatic heterocycles. The quantitative estimate of drug-likeness (QED) is 0.217. The minimum absolute atomic E-state index is 0.00951. The number of fused-ring (bicyclic) bond motifs is 1. The van der Waals surface area contributed by atoms with Crippen molar-refractivity contribution in [2.24, 2.45) is 23.7 Å². The van der Waals surface area contributed by atoms with Crippen molar-refractivity contribution in [3.63, 3.8) is 0 Å². The first-order valence-electron chi connectivity index (χ1n) is 14.9. The minimum atomic E-state index is -4.39. The van der Waals surface area contributed by atoms with Crippen molar-refractivity contribution in [1.82, 2.24) is 31.5 Å². The molecule has 13 unspecified atom stereocenters. The maximum absolute atomic E-state index is 13.7. The van der Waals surface area contributed by atoms with E-state index in [0.717, 1.165) is 12.8 Å². The number of carbonyl (C=O) groups excluding carboxylic acids is 2. The number of hydrogen-bond donors (Lipinski definition) is 5. The third-order valence-electron chi connectivity index (χ3n) is 9.98. The van der Waals surface area contributed by atoms with Crippen molar-refractivity contribution in [2.75, 3.05) is 33.9 Å². The molecule has 0 radical (unpaired) electrons. The van der Waals surface area contributed by atoms with E-state index in [1.54, 1.807) is 23.8 Å². The van der Waals surface area contributed by atoms with E-state index in [1.807, 2.05) is 6.92 Å². The zero-order valence-corrected chi connectivity index (χ0v) is 26.0. The van der Waals surface area contributed by atoms with Gasteiger partial charge in [0.15, 0.2) is 0 Å². The van der Waals surface area contributed by atoms with Gasteiger partial charge in [-0.15, -0.1) is 23.4 Å². The number of alkyl halides is 4. The molecule has 0 spiro atoms. The molecule has 13 atom stereocenters. The fourth-order valence-corrected chi connectivity index (χ4v) is 9.46. The van der Waals surface area contributed by atoms with Crippen LogP contribution in [-0.2, 0) is 19.1 Å². The molecule has 5 saturated heterocycles. The number of methoxy groups -OCH3 is 2. The Kier molecular flexibility index (Phi) is 10.3. The van der Waals surface area contributed by atoms with Gasteiger partial charge in [0, 0.05) is 57.2 Å². The summed E-state index contributed by atoms with van der Waals surface area (Å²) in [6.07, 6.45) is -3.86. The fraction of sp³-hybridized carbons (Fsp3) is 0.926. The molecule has 5 rings (SSSR count). The van der Waals surface area contributed by atoms with Crippen LogP contribution in [0, 0.1) is 23.7 Å². The number of likely N-dealkylation sites (tertiary alicyclic amines) is 1. The lowest BCUT2D eigenvalue weighted by atomic mass is 9.70. The smallest absolute Gasteiger partial charge is 0.380 e. The summed E-state index contributed by atoms with van der Waals surface area (Å²) in [5.41, 5.74) is -0.446. The normalized spacial score (nSPS) is 44.6. The van der Waals surface area contributed by atoms with E-state index in [4.69, 9.17) is 21.1 Å². The average molecular weight is 641 g/mol. The molecule has 0 aromatic rings. The van der Waals surface area contributed by atoms with Crippen LogP contribution >= 0.6 is 23.4 Å². The molecule has 2 amide bonds. The topological polar surface area (TPSA) is 116 Å². The number of halogens is 4. The number of nitrogens with zero attached hydrogens (tertiary/aromatic N) is 1. The highest BCUT2D eigenvalue weighted by molar-refractivity contribution is 8.00. The lowest BCUT2D eigenvalue weighted by Crippen LogP contribution is -2.59. The van der Waals surface area contributed by atoms with Crippen LogP contribution in [0.2, 0.25) is 0 Å². The lowest BCUT2D eigenvalue weighted by molar-refractivity contribution is -0.183. The van der Waals surface area contributed by atoms with E-state index in [2.05, 4.69) is 33.5 Å². The molecule has 5 N–H and O–H groups in total. The molecule has 10 nitrogen and oxygen atoms in total. The number of ether oxygens (including phenoxy) is 2. The van der Waals surface area contributed by atoms with Gasteiger partial charge in [-0.1, -0.05) is 0 Å². The Morgan fingerprint density at radius 2 is 1.76 bits per heavy atom. The number of carbonyl (C=O) groups is 2. The summed E-state index contributed by atoms with van der Waals surface area (Å²) < 4.78 is 50.8. The Labute approximate surface area is 254 Å². The summed E-state index contributed by atoms with van der Waals surface area (Å²) >= 11 is 8.06. The summed E-state index contributed by atoms with van der Waals surface area (Å²) in [5, 5.41) is 16.0. The first kappa shape index (κ1) is 32.5. The zero-order valence-electron chi connectivity index (χ0n) is 24.5. The molecule has 0 aliphatic carbocycles. The van der Waals surface area contributed by atoms with Crippen LogP contribution in [0.3, 0.4) is 0 Å². The van der Waals surface area contributed by atoms with Crippen LogP contribution in [0.1, 0.15) is 39.5 Å². The third kappa shape index (κ3) is 6.70. The molecule has 0 aromatic carbocycles. The Hall–Kier alpha value is -0.870. The molecule has 0 saturated carbocycles. The lowest BCUT2D eigenvalue weighted by Gasteiger charge is -2.45. The summed E-state index contributed by atoms with van der Waals surface area (Å²) in [6.45, 7) is 5.78. The number of piperidine rings is 3. The van der Waals surface area contributed by atoms with E-state index in [-0.39, 0.29) is 76.8 Å². The first-order chi connectivity index (χ1) is 19.9. The maximum Gasteiger partial charge on any atom is 0.403 e. The van der Waals surface area contributed by atoms with Gasteiger partial charge in [-0.05, 0) is 51.4 Å². The van der Waals surface area contributed by atoms with Crippen LogP contribution in [0.15, 0.2) is 0 Å². The first-order valence-corrected chi connectivity index (χ1v) is 16.3. The molecule has 15 heteroatoms. The number of hydrogen-bond acceptors (Lipinski definition) is 9. The highest BCUT2D eigenvalue weighted by Crippen LogP contribution is 2.40. The Morgan fingerprint density at radius 1 is 1.00 bits per heavy atom. The van der Waals surface area contributed by atoms with Crippen LogP contribution in [-0.4, -0.2) is 109 Å². The third-order valence-corrected chi connectivity index (χ3v) is 11.6. The fourth-order valence-electron chi connectivity index (χ4n) is 7.67. The molecular formula is C27H44ClF3N6O4S. The van der Waals surface area contributed by atoms with Gasteiger partial charge in [0.25, 0.3) is 0 Å². The van der Waals surface area contributed by atoms with Crippen LogP contribution < -0.4 is 26.6 Å². The molecule has 5 aliphatic heterocycles. The summed E-state index contributed by atoms with van der Waals surface area (Å²) in [6, 6.07) is -1.63. The molecular weight excluding hydrogens is 597 g/mol. The van der Waals surface area contributed by atoms with Gasteiger partial charge < -0.3 is 25.0 Å². The summed E-state index contributed by atoms with van der Waals surface area (Å²) in [7, 11) is 3.03. The maximum atomic E-state index is 13.7. The predicted octanol–water partition coefficient (Wildman–Crippen LogP) is 1.40. The second-order valence-electron chi connectivity index (χ2n) is 12.5. The Balaban J connectivity index is 1.18. The SMILES string of the molecule is COC1CNC(Cl)CC1C1CC(C)NCC1C(=O)NC1NC2C(CN(C(=O)C3CCC(C(F)(F)F)NC3OC)C2C)S1. The van der Waals surface area contributed by atoms with E-state index >= 15 is 0 Å². The molecule has 5 heterocycles. The second-order valence-corrected chi connectivity index (χ2v) is 14.3. The number of amides is 2. The predicted molar refractivity (Wildman–Crippen MR) is 154 cm³/mol. The van der Waals surface area contributed by atoms with E-state index in [0.29, 0.717) is 25.7 Å². The second kappa shape index (κ2) is 13.2. The minimum Gasteiger partial charge on any atom is -0.380 e. The highest BCUT2D eigenvalue weighted by Gasteiger charge is 2.53. The standard InChI is InChI=1S/C27H44ClF3N6O4S/c1-12-7-15(16-8-21(28)33-10-18(16)40-3)17(9-32-12)23(38)36-26-35-22-13(2)37(11-19(22)42-26)25(39)14-5-6-20(27(29,30)31)34-24(14)41-4/h12-22,24,26,32-35H,5-11H2,1-4H3,(H,36,38). The number of thioether (sulfide) groups is 1. The van der Waals surface area contributed by atoms with E-state index < -0.39 is 24.4 Å².